The van der Waals surface area contributed by atoms with Gasteiger partial charge >= 0.3 is 0 Å². The summed E-state index contributed by atoms with van der Waals surface area (Å²) in [6, 6.07) is 3.82. The normalized spacial score (nSPS) is 24.2. The highest BCUT2D eigenvalue weighted by atomic mass is 35.5. The zero-order valence-electron chi connectivity index (χ0n) is 11.7. The summed E-state index contributed by atoms with van der Waals surface area (Å²) in [5, 5.41) is 0.000463. The van der Waals surface area contributed by atoms with Gasteiger partial charge in [0.05, 0.1) is 5.38 Å². The predicted octanol–water partition coefficient (Wildman–Crippen LogP) is 5.55. The first-order chi connectivity index (χ1) is 8.33. The van der Waals surface area contributed by atoms with Crippen LogP contribution in [-0.4, -0.2) is 0 Å². The minimum absolute atomic E-state index is 0.000463. The molecule has 2 unspecified atom stereocenters. The Hall–Kier alpha value is -0.560. The van der Waals surface area contributed by atoms with E-state index in [0.717, 1.165) is 5.56 Å². The second kappa shape index (κ2) is 4.85. The Balaban J connectivity index is 2.32. The van der Waals surface area contributed by atoms with Crippen LogP contribution in [0.1, 0.15) is 55.2 Å². The van der Waals surface area contributed by atoms with Crippen molar-refractivity contribution < 1.29 is 4.39 Å². The highest BCUT2D eigenvalue weighted by molar-refractivity contribution is 6.21. The van der Waals surface area contributed by atoms with E-state index in [4.69, 9.17) is 11.6 Å². The molecule has 0 heterocycles. The van der Waals surface area contributed by atoms with Gasteiger partial charge in [0.1, 0.15) is 5.82 Å². The third-order valence-electron chi connectivity index (χ3n) is 4.47. The molecule has 2 atom stereocenters. The van der Waals surface area contributed by atoms with Crippen LogP contribution in [0.2, 0.25) is 0 Å². The maximum absolute atomic E-state index is 13.7. The van der Waals surface area contributed by atoms with Crippen LogP contribution in [0.25, 0.3) is 0 Å². The van der Waals surface area contributed by atoms with E-state index >= 15 is 0 Å². The Bertz CT molecular complexity index is 427. The number of hydrogen-bond acceptors (Lipinski definition) is 0. The van der Waals surface area contributed by atoms with E-state index in [1.165, 1.54) is 19.3 Å². The van der Waals surface area contributed by atoms with Crippen LogP contribution >= 0.6 is 11.6 Å². The fourth-order valence-corrected chi connectivity index (χ4v) is 3.86. The summed E-state index contributed by atoms with van der Waals surface area (Å²) in [4.78, 5) is 0. The lowest BCUT2D eigenvalue weighted by Crippen LogP contribution is -2.21. The van der Waals surface area contributed by atoms with Gasteiger partial charge in [-0.25, -0.2) is 4.39 Å². The van der Waals surface area contributed by atoms with Gasteiger partial charge in [-0.15, -0.1) is 11.6 Å². The third-order valence-corrected chi connectivity index (χ3v) is 5.03. The van der Waals surface area contributed by atoms with E-state index in [0.29, 0.717) is 22.5 Å². The molecule has 1 aliphatic carbocycles. The summed E-state index contributed by atoms with van der Waals surface area (Å²) in [6.45, 7) is 8.22. The molecule has 0 saturated heterocycles. The van der Waals surface area contributed by atoms with Crippen LogP contribution in [0.5, 0.6) is 0 Å². The average Bonchev–Trinajstić information content (AvgIpc) is 2.64. The van der Waals surface area contributed by atoms with Crippen molar-refractivity contribution in [3.63, 3.8) is 0 Å². The highest BCUT2D eigenvalue weighted by Crippen LogP contribution is 2.51. The molecule has 0 bridgehead atoms. The summed E-state index contributed by atoms with van der Waals surface area (Å²) >= 11 is 6.67. The van der Waals surface area contributed by atoms with Crippen molar-refractivity contribution in [1.29, 1.82) is 0 Å². The van der Waals surface area contributed by atoms with Crippen molar-refractivity contribution in [2.24, 2.45) is 11.3 Å². The minimum Gasteiger partial charge on any atom is -0.206 e. The van der Waals surface area contributed by atoms with E-state index in [-0.39, 0.29) is 11.2 Å². The van der Waals surface area contributed by atoms with Crippen molar-refractivity contribution in [3.05, 3.63) is 34.6 Å². The summed E-state index contributed by atoms with van der Waals surface area (Å²) in [5.74, 6) is 0.386. The molecule has 0 aliphatic heterocycles. The molecule has 0 nitrogen and oxygen atoms in total. The smallest absolute Gasteiger partial charge is 0.129 e. The van der Waals surface area contributed by atoms with Gasteiger partial charge in [-0.05, 0) is 54.7 Å². The molecule has 0 radical (unpaired) electrons. The molecule has 2 rings (SSSR count). The summed E-state index contributed by atoms with van der Waals surface area (Å²) in [7, 11) is 0. The Kier molecular flexibility index (Phi) is 3.73. The molecule has 18 heavy (non-hydrogen) atoms. The molecule has 1 aromatic rings. The number of hydrogen-bond donors (Lipinski definition) is 0. The number of aryl methyl sites for hydroxylation is 2. The average molecular weight is 269 g/mol. The Morgan fingerprint density at radius 3 is 2.28 bits per heavy atom. The predicted molar refractivity (Wildman–Crippen MR) is 75.6 cm³/mol. The van der Waals surface area contributed by atoms with Gasteiger partial charge < -0.3 is 0 Å². The standard InChI is InChI=1S/C16H22ClF/c1-10-8-12(9-11(2)15(10)18)14(17)13-6-5-7-16(13,3)4/h8-9,13-14H,5-7H2,1-4H3. The molecule has 0 spiro atoms. The van der Waals surface area contributed by atoms with Crippen LogP contribution < -0.4 is 0 Å². The molecule has 1 fully saturated rings. The van der Waals surface area contributed by atoms with Crippen molar-refractivity contribution in [2.75, 3.05) is 0 Å². The van der Waals surface area contributed by atoms with Crippen molar-refractivity contribution in [2.45, 2.75) is 52.3 Å². The monoisotopic (exact) mass is 268 g/mol. The van der Waals surface area contributed by atoms with E-state index in [1.807, 2.05) is 26.0 Å². The number of benzene rings is 1. The Labute approximate surface area is 115 Å². The van der Waals surface area contributed by atoms with Gasteiger partial charge in [-0.1, -0.05) is 32.4 Å². The van der Waals surface area contributed by atoms with Gasteiger partial charge in [0.2, 0.25) is 0 Å². The summed E-state index contributed by atoms with van der Waals surface area (Å²) in [6.07, 6.45) is 3.66. The first kappa shape index (κ1) is 13.9. The zero-order valence-corrected chi connectivity index (χ0v) is 12.4. The first-order valence-electron chi connectivity index (χ1n) is 6.73. The molecular weight excluding hydrogens is 247 g/mol. The number of alkyl halides is 1. The lowest BCUT2D eigenvalue weighted by Gasteiger charge is -2.31. The van der Waals surface area contributed by atoms with E-state index < -0.39 is 0 Å². The highest BCUT2D eigenvalue weighted by Gasteiger charge is 2.39. The molecule has 100 valence electrons. The minimum atomic E-state index is -0.103. The second-order valence-corrected chi connectivity index (χ2v) is 6.83. The SMILES string of the molecule is Cc1cc(C(Cl)C2CCCC2(C)C)cc(C)c1F. The van der Waals surface area contributed by atoms with Crippen LogP contribution in [0.15, 0.2) is 12.1 Å². The molecule has 2 heteroatoms. The van der Waals surface area contributed by atoms with Crippen LogP contribution in [0.4, 0.5) is 4.39 Å². The van der Waals surface area contributed by atoms with Gasteiger partial charge in [-0.2, -0.15) is 0 Å². The van der Waals surface area contributed by atoms with Gasteiger partial charge in [0.25, 0.3) is 0 Å². The van der Waals surface area contributed by atoms with E-state index in [1.54, 1.807) is 0 Å². The van der Waals surface area contributed by atoms with E-state index in [9.17, 15) is 4.39 Å². The number of rotatable bonds is 2. The summed E-state index contributed by atoms with van der Waals surface area (Å²) < 4.78 is 13.7. The van der Waals surface area contributed by atoms with Crippen LogP contribution in [-0.2, 0) is 0 Å². The second-order valence-electron chi connectivity index (χ2n) is 6.36. The largest absolute Gasteiger partial charge is 0.206 e. The molecular formula is C16H22ClF. The van der Waals surface area contributed by atoms with Gasteiger partial charge in [-0.3, -0.25) is 0 Å². The molecule has 0 aromatic heterocycles. The van der Waals surface area contributed by atoms with Crippen LogP contribution in [0, 0.1) is 31.0 Å². The lowest BCUT2D eigenvalue weighted by molar-refractivity contribution is 0.252. The van der Waals surface area contributed by atoms with Gasteiger partial charge in [0.15, 0.2) is 0 Å². The first-order valence-corrected chi connectivity index (χ1v) is 7.17. The topological polar surface area (TPSA) is 0 Å². The third kappa shape index (κ3) is 2.42. The lowest BCUT2D eigenvalue weighted by atomic mass is 9.78. The fraction of sp³-hybridized carbons (Fsp3) is 0.625. The fourth-order valence-electron chi connectivity index (χ4n) is 3.27. The van der Waals surface area contributed by atoms with Gasteiger partial charge in [0, 0.05) is 0 Å². The molecule has 0 amide bonds. The Morgan fingerprint density at radius 1 is 1.28 bits per heavy atom. The summed E-state index contributed by atoms with van der Waals surface area (Å²) in [5.41, 5.74) is 2.77. The van der Waals surface area contributed by atoms with Crippen molar-refractivity contribution in [3.8, 4) is 0 Å². The molecule has 1 aliphatic rings. The molecule has 1 saturated carbocycles. The van der Waals surface area contributed by atoms with Crippen molar-refractivity contribution in [1.82, 2.24) is 0 Å². The molecule has 1 aromatic carbocycles. The number of halogens is 2. The Morgan fingerprint density at radius 2 is 1.83 bits per heavy atom. The van der Waals surface area contributed by atoms with Crippen LogP contribution in [0.3, 0.4) is 0 Å². The zero-order chi connectivity index (χ0) is 13.5. The van der Waals surface area contributed by atoms with Crippen molar-refractivity contribution >= 4 is 11.6 Å². The quantitative estimate of drug-likeness (QED) is 0.617. The maximum Gasteiger partial charge on any atom is 0.129 e. The molecule has 0 N–H and O–H groups in total. The van der Waals surface area contributed by atoms with E-state index in [2.05, 4.69) is 13.8 Å². The maximum atomic E-state index is 13.7.